The third-order valence-electron chi connectivity index (χ3n) is 7.48. The summed E-state index contributed by atoms with van der Waals surface area (Å²) in [5.41, 5.74) is 4.76. The van der Waals surface area contributed by atoms with Gasteiger partial charge in [0.05, 0.1) is 7.11 Å². The van der Waals surface area contributed by atoms with Crippen molar-refractivity contribution in [1.29, 1.82) is 0 Å². The number of amides is 1. The standard InChI is InChI=1S/C26H33N3O2/c1-4-18-10-11-22(25(28-18)16-8-6-5-7-9-16)27-15-17-12-23-20(14-24(17)31-3)19-13-21(19)26(30)29(23)2/h5-9,12,14,18-19,21-22,25,27-28H,4,10-11,13,15H2,1-3H3/t18-,19?,21+,22-,25-/m0/s1. The number of hydrogen-bond donors (Lipinski definition) is 2. The van der Waals surface area contributed by atoms with Crippen LogP contribution in [0.2, 0.25) is 0 Å². The van der Waals surface area contributed by atoms with Crippen molar-refractivity contribution < 1.29 is 9.53 Å². The number of carbonyl (C=O) groups is 1. The zero-order valence-corrected chi connectivity index (χ0v) is 18.7. The summed E-state index contributed by atoms with van der Waals surface area (Å²) in [6, 6.07) is 16.3. The highest BCUT2D eigenvalue weighted by atomic mass is 16.5. The molecule has 5 nitrogen and oxygen atoms in total. The second-order valence-corrected chi connectivity index (χ2v) is 9.29. The number of nitrogens with one attached hydrogen (secondary N) is 2. The van der Waals surface area contributed by atoms with E-state index in [0.29, 0.717) is 24.0 Å². The minimum Gasteiger partial charge on any atom is -0.496 e. The van der Waals surface area contributed by atoms with Crippen LogP contribution < -0.4 is 20.3 Å². The summed E-state index contributed by atoms with van der Waals surface area (Å²) < 4.78 is 5.77. The molecule has 0 spiro atoms. The molecule has 2 N–H and O–H groups in total. The van der Waals surface area contributed by atoms with Gasteiger partial charge in [-0.3, -0.25) is 4.79 Å². The Hall–Kier alpha value is -2.37. The molecule has 5 rings (SSSR count). The first-order chi connectivity index (χ1) is 15.1. The zero-order chi connectivity index (χ0) is 21.5. The van der Waals surface area contributed by atoms with Gasteiger partial charge in [-0.25, -0.2) is 0 Å². The highest BCUT2D eigenvalue weighted by Gasteiger charge is 2.50. The molecule has 3 aliphatic rings. The molecule has 0 aromatic heterocycles. The van der Waals surface area contributed by atoms with Crippen molar-refractivity contribution >= 4 is 11.6 Å². The van der Waals surface area contributed by atoms with E-state index in [4.69, 9.17) is 4.74 Å². The molecule has 2 aromatic rings. The summed E-state index contributed by atoms with van der Waals surface area (Å²) in [7, 11) is 3.65. The van der Waals surface area contributed by atoms with Gasteiger partial charge in [0.25, 0.3) is 0 Å². The summed E-state index contributed by atoms with van der Waals surface area (Å²) in [6.07, 6.45) is 4.44. The lowest BCUT2D eigenvalue weighted by Gasteiger charge is -2.38. The number of nitrogens with zero attached hydrogens (tertiary/aromatic N) is 1. The lowest BCUT2D eigenvalue weighted by atomic mass is 9.88. The lowest BCUT2D eigenvalue weighted by molar-refractivity contribution is -0.119. The zero-order valence-electron chi connectivity index (χ0n) is 18.7. The number of hydrogen-bond acceptors (Lipinski definition) is 4. The highest BCUT2D eigenvalue weighted by Crippen LogP contribution is 2.56. The van der Waals surface area contributed by atoms with Gasteiger partial charge in [0, 0.05) is 48.9 Å². The number of piperidine rings is 1. The number of benzene rings is 2. The van der Waals surface area contributed by atoms with Gasteiger partial charge >= 0.3 is 0 Å². The van der Waals surface area contributed by atoms with Crippen LogP contribution in [-0.4, -0.2) is 32.1 Å². The van der Waals surface area contributed by atoms with E-state index >= 15 is 0 Å². The fourth-order valence-corrected chi connectivity index (χ4v) is 5.49. The van der Waals surface area contributed by atoms with E-state index in [0.717, 1.165) is 42.8 Å². The van der Waals surface area contributed by atoms with Crippen molar-refractivity contribution in [1.82, 2.24) is 10.6 Å². The van der Waals surface area contributed by atoms with Gasteiger partial charge in [0.15, 0.2) is 0 Å². The fraction of sp³-hybridized carbons (Fsp3) is 0.500. The molecule has 1 saturated carbocycles. The molecule has 31 heavy (non-hydrogen) atoms. The number of fused-ring (bicyclic) bond motifs is 3. The molecule has 5 atom stereocenters. The van der Waals surface area contributed by atoms with Crippen molar-refractivity contribution in [2.24, 2.45) is 5.92 Å². The van der Waals surface area contributed by atoms with Gasteiger partial charge in [-0.2, -0.15) is 0 Å². The van der Waals surface area contributed by atoms with E-state index in [-0.39, 0.29) is 11.8 Å². The first-order valence-electron chi connectivity index (χ1n) is 11.6. The molecular formula is C26H33N3O2. The molecule has 2 fully saturated rings. The van der Waals surface area contributed by atoms with Crippen LogP contribution in [0, 0.1) is 5.92 Å². The Morgan fingerprint density at radius 2 is 1.97 bits per heavy atom. The third kappa shape index (κ3) is 3.74. The van der Waals surface area contributed by atoms with Crippen molar-refractivity contribution in [3.05, 3.63) is 59.2 Å². The Labute approximate surface area is 185 Å². The van der Waals surface area contributed by atoms with Crippen molar-refractivity contribution in [2.45, 2.75) is 63.2 Å². The summed E-state index contributed by atoms with van der Waals surface area (Å²) in [5, 5.41) is 7.68. The first-order valence-corrected chi connectivity index (χ1v) is 11.6. The lowest BCUT2D eigenvalue weighted by Crippen LogP contribution is -2.49. The number of rotatable bonds is 6. The molecule has 0 radical (unpaired) electrons. The Morgan fingerprint density at radius 1 is 1.16 bits per heavy atom. The van der Waals surface area contributed by atoms with Crippen LogP contribution in [0.3, 0.4) is 0 Å². The van der Waals surface area contributed by atoms with E-state index in [1.54, 1.807) is 7.11 Å². The maximum Gasteiger partial charge on any atom is 0.230 e. The molecule has 2 aromatic carbocycles. The van der Waals surface area contributed by atoms with Gasteiger partial charge in [-0.1, -0.05) is 37.3 Å². The van der Waals surface area contributed by atoms with E-state index in [1.165, 1.54) is 17.5 Å². The topological polar surface area (TPSA) is 53.6 Å². The van der Waals surface area contributed by atoms with Crippen LogP contribution >= 0.6 is 0 Å². The summed E-state index contributed by atoms with van der Waals surface area (Å²) in [5.74, 6) is 1.74. The molecule has 1 amide bonds. The van der Waals surface area contributed by atoms with Gasteiger partial charge in [-0.15, -0.1) is 0 Å². The molecule has 1 saturated heterocycles. The van der Waals surface area contributed by atoms with Gasteiger partial charge in [0.2, 0.25) is 5.91 Å². The predicted molar refractivity (Wildman–Crippen MR) is 124 cm³/mol. The van der Waals surface area contributed by atoms with Gasteiger partial charge in [0.1, 0.15) is 5.75 Å². The average Bonchev–Trinajstić information content (AvgIpc) is 3.62. The summed E-state index contributed by atoms with van der Waals surface area (Å²) >= 11 is 0. The number of ether oxygens (including phenoxy) is 1. The molecule has 1 unspecified atom stereocenters. The number of carbonyl (C=O) groups excluding carboxylic acids is 1. The fourth-order valence-electron chi connectivity index (χ4n) is 5.49. The molecule has 5 heteroatoms. The molecule has 0 bridgehead atoms. The Balaban J connectivity index is 1.38. The van der Waals surface area contributed by atoms with Crippen molar-refractivity contribution in [3.63, 3.8) is 0 Å². The van der Waals surface area contributed by atoms with Gasteiger partial charge < -0.3 is 20.3 Å². The van der Waals surface area contributed by atoms with Crippen LogP contribution in [0.5, 0.6) is 5.75 Å². The second kappa shape index (κ2) is 8.29. The van der Waals surface area contributed by atoms with Crippen LogP contribution in [-0.2, 0) is 11.3 Å². The van der Waals surface area contributed by atoms with Crippen molar-refractivity contribution in [2.75, 3.05) is 19.1 Å². The Morgan fingerprint density at radius 3 is 2.71 bits per heavy atom. The third-order valence-corrected chi connectivity index (χ3v) is 7.48. The van der Waals surface area contributed by atoms with E-state index in [2.05, 4.69) is 60.0 Å². The minimum atomic E-state index is 0.178. The normalized spacial score (nSPS) is 29.3. The molecule has 1 aliphatic carbocycles. The first kappa shape index (κ1) is 20.5. The molecule has 2 heterocycles. The van der Waals surface area contributed by atoms with E-state index < -0.39 is 0 Å². The predicted octanol–water partition coefficient (Wildman–Crippen LogP) is 4.14. The SMILES string of the molecule is CC[C@H]1CC[C@H](NCc2cc3c(cc2OC)C2C[C@H]2C(=O)N3C)[C@H](c2ccccc2)N1. The van der Waals surface area contributed by atoms with E-state index in [1.807, 2.05) is 11.9 Å². The van der Waals surface area contributed by atoms with Gasteiger partial charge in [-0.05, 0) is 54.9 Å². The smallest absolute Gasteiger partial charge is 0.230 e. The van der Waals surface area contributed by atoms with Crippen LogP contribution in [0.15, 0.2) is 42.5 Å². The van der Waals surface area contributed by atoms with E-state index in [9.17, 15) is 4.79 Å². The summed E-state index contributed by atoms with van der Waals surface area (Å²) in [4.78, 5) is 14.4. The summed E-state index contributed by atoms with van der Waals surface area (Å²) in [6.45, 7) is 2.98. The monoisotopic (exact) mass is 419 g/mol. The quantitative estimate of drug-likeness (QED) is 0.739. The maximum atomic E-state index is 12.5. The van der Waals surface area contributed by atoms with Crippen molar-refractivity contribution in [3.8, 4) is 5.75 Å². The number of anilines is 1. The minimum absolute atomic E-state index is 0.178. The second-order valence-electron chi connectivity index (χ2n) is 9.29. The molecular weight excluding hydrogens is 386 g/mol. The van der Waals surface area contributed by atoms with Crippen LogP contribution in [0.25, 0.3) is 0 Å². The maximum absolute atomic E-state index is 12.5. The van der Waals surface area contributed by atoms with Crippen LogP contribution in [0.1, 0.15) is 61.3 Å². The van der Waals surface area contributed by atoms with Crippen LogP contribution in [0.4, 0.5) is 5.69 Å². The number of methoxy groups -OCH3 is 1. The average molecular weight is 420 g/mol. The molecule has 2 aliphatic heterocycles. The molecule has 164 valence electrons. The largest absolute Gasteiger partial charge is 0.496 e. The Kier molecular flexibility index (Phi) is 5.49. The highest BCUT2D eigenvalue weighted by molar-refractivity contribution is 6.01. The Bertz CT molecular complexity index is 961.